The number of hydrogen-bond acceptors (Lipinski definition) is 2. The van der Waals surface area contributed by atoms with Crippen LogP contribution in [0.1, 0.15) is 37.0 Å². The summed E-state index contributed by atoms with van der Waals surface area (Å²) in [5.41, 5.74) is -0.0712. The normalized spacial score (nSPS) is 17.0. The van der Waals surface area contributed by atoms with Crippen molar-refractivity contribution >= 4 is 29.2 Å². The van der Waals surface area contributed by atoms with E-state index in [1.807, 2.05) is 13.8 Å². The minimum absolute atomic E-state index is 0.367. The Morgan fingerprint density at radius 1 is 1.20 bits per heavy atom. The molecule has 0 amide bonds. The molecule has 1 saturated heterocycles. The van der Waals surface area contributed by atoms with Crippen molar-refractivity contribution in [2.24, 2.45) is 5.92 Å². The lowest BCUT2D eigenvalue weighted by Crippen LogP contribution is -2.86. The molecule has 0 spiro atoms. The van der Waals surface area contributed by atoms with Gasteiger partial charge in [-0.15, -0.1) is 0 Å². The third kappa shape index (κ3) is 3.87. The molecule has 0 bridgehead atoms. The third-order valence-electron chi connectivity index (χ3n) is 3.88. The van der Waals surface area contributed by atoms with Gasteiger partial charge in [0.25, 0.3) is 0 Å². The maximum absolute atomic E-state index is 12.3. The highest BCUT2D eigenvalue weighted by atomic mass is 35.5. The van der Waals surface area contributed by atoms with Crippen LogP contribution in [0.25, 0.3) is 0 Å². The Morgan fingerprint density at radius 3 is 2.30 bits per heavy atom. The topological polar surface area (TPSA) is 42.9 Å². The van der Waals surface area contributed by atoms with Crippen molar-refractivity contribution in [3.8, 4) is 0 Å². The number of piperidine rings is 1. The fraction of sp³-hybridized carbons (Fsp3) is 0.533. The number of carbonyl (C=O) groups is 1. The van der Waals surface area contributed by atoms with Crippen LogP contribution in [0.15, 0.2) is 18.2 Å². The lowest BCUT2D eigenvalue weighted by Gasteiger charge is -2.35. The van der Waals surface area contributed by atoms with Gasteiger partial charge in [0.2, 0.25) is 0 Å². The number of rotatable bonds is 3. The number of quaternary nitrogens is 1. The van der Waals surface area contributed by atoms with Gasteiger partial charge in [0, 0.05) is 28.8 Å². The zero-order valence-electron chi connectivity index (χ0n) is 11.8. The third-order valence-corrected chi connectivity index (χ3v) is 4.31. The molecule has 2 N–H and O–H groups in total. The Bertz CT molecular complexity index is 476. The fourth-order valence-electron chi connectivity index (χ4n) is 2.67. The van der Waals surface area contributed by atoms with Crippen LogP contribution in [0, 0.1) is 5.92 Å². The van der Waals surface area contributed by atoms with Crippen molar-refractivity contribution in [3.05, 3.63) is 33.8 Å². The highest BCUT2D eigenvalue weighted by Gasteiger charge is 2.35. The molecule has 1 aromatic carbocycles. The van der Waals surface area contributed by atoms with Gasteiger partial charge < -0.3 is 10.1 Å². The van der Waals surface area contributed by atoms with Gasteiger partial charge in [-0.1, -0.05) is 23.2 Å². The second kappa shape index (κ2) is 6.33. The first-order valence-electron chi connectivity index (χ1n) is 6.89. The van der Waals surface area contributed by atoms with Crippen molar-refractivity contribution in [3.63, 3.8) is 0 Å². The van der Waals surface area contributed by atoms with Crippen LogP contribution in [0.3, 0.4) is 0 Å². The van der Waals surface area contributed by atoms with Gasteiger partial charge in [-0.2, -0.15) is 0 Å². The molecular formula is C15H20Cl2NO2+. The fourth-order valence-corrected chi connectivity index (χ4v) is 3.20. The lowest BCUT2D eigenvalue weighted by molar-refractivity contribution is -0.665. The maximum atomic E-state index is 12.3. The van der Waals surface area contributed by atoms with Gasteiger partial charge in [0.05, 0.1) is 18.7 Å². The molecule has 0 aliphatic carbocycles. The number of benzene rings is 1. The molecule has 20 heavy (non-hydrogen) atoms. The molecule has 1 heterocycles. The first-order valence-corrected chi connectivity index (χ1v) is 7.65. The number of esters is 1. The SMILES string of the molecule is CC(C)(OC(=O)c1cc(Cl)cc(Cl)c1)C1CC[NH2+]CC1. The molecule has 110 valence electrons. The molecule has 0 radical (unpaired) electrons. The van der Waals surface area contributed by atoms with E-state index >= 15 is 0 Å². The van der Waals surface area contributed by atoms with Gasteiger partial charge in [-0.25, -0.2) is 4.79 Å². The average molecular weight is 317 g/mol. The largest absolute Gasteiger partial charge is 0.456 e. The van der Waals surface area contributed by atoms with Crippen LogP contribution in [-0.4, -0.2) is 24.7 Å². The van der Waals surface area contributed by atoms with E-state index in [4.69, 9.17) is 27.9 Å². The summed E-state index contributed by atoms with van der Waals surface area (Å²) in [5, 5.41) is 3.18. The van der Waals surface area contributed by atoms with Crippen molar-refractivity contribution in [2.75, 3.05) is 13.1 Å². The summed E-state index contributed by atoms with van der Waals surface area (Å²) in [4.78, 5) is 12.3. The molecule has 2 rings (SSSR count). The molecule has 0 saturated carbocycles. The summed E-state index contributed by atoms with van der Waals surface area (Å²) in [5.74, 6) is 0.0278. The Balaban J connectivity index is 2.09. The minimum atomic E-state index is -0.472. The number of hydrogen-bond donors (Lipinski definition) is 1. The molecule has 1 fully saturated rings. The van der Waals surface area contributed by atoms with Crippen LogP contribution in [0.5, 0.6) is 0 Å². The predicted octanol–water partition coefficient (Wildman–Crippen LogP) is 2.90. The summed E-state index contributed by atoms with van der Waals surface area (Å²) in [6, 6.07) is 4.77. The van der Waals surface area contributed by atoms with Crippen LogP contribution in [0.4, 0.5) is 0 Å². The Hall–Kier alpha value is -0.770. The first kappa shape index (κ1) is 15.6. The van der Waals surface area contributed by atoms with Crippen LogP contribution in [0.2, 0.25) is 10.0 Å². The number of ether oxygens (including phenoxy) is 1. The van der Waals surface area contributed by atoms with Crippen molar-refractivity contribution < 1.29 is 14.8 Å². The molecule has 0 unspecified atom stereocenters. The smallest absolute Gasteiger partial charge is 0.338 e. The van der Waals surface area contributed by atoms with E-state index in [1.54, 1.807) is 18.2 Å². The minimum Gasteiger partial charge on any atom is -0.456 e. The van der Waals surface area contributed by atoms with Crippen molar-refractivity contribution in [1.29, 1.82) is 0 Å². The summed E-state index contributed by atoms with van der Waals surface area (Å²) in [7, 11) is 0. The Morgan fingerprint density at radius 2 is 1.75 bits per heavy atom. The van der Waals surface area contributed by atoms with Gasteiger partial charge in [-0.3, -0.25) is 0 Å². The Labute approximate surface area is 129 Å². The highest BCUT2D eigenvalue weighted by molar-refractivity contribution is 6.35. The van der Waals surface area contributed by atoms with Gasteiger partial charge in [0.15, 0.2) is 0 Å². The Kier molecular flexibility index (Phi) is 4.95. The average Bonchev–Trinajstić information content (AvgIpc) is 2.38. The van der Waals surface area contributed by atoms with Crippen molar-refractivity contribution in [1.82, 2.24) is 0 Å². The molecule has 1 aliphatic heterocycles. The van der Waals surface area contributed by atoms with E-state index in [2.05, 4.69) is 5.32 Å². The molecule has 3 nitrogen and oxygen atoms in total. The van der Waals surface area contributed by atoms with E-state index in [9.17, 15) is 4.79 Å². The van der Waals surface area contributed by atoms with E-state index in [1.165, 1.54) is 0 Å². The zero-order chi connectivity index (χ0) is 14.8. The van der Waals surface area contributed by atoms with E-state index in [0.29, 0.717) is 21.5 Å². The first-order chi connectivity index (χ1) is 9.38. The van der Waals surface area contributed by atoms with Crippen LogP contribution >= 0.6 is 23.2 Å². The summed E-state index contributed by atoms with van der Waals surface area (Å²) in [6.45, 7) is 6.14. The molecular weight excluding hydrogens is 297 g/mol. The standard InChI is InChI=1S/C15H19Cl2NO2/c1-15(2,11-3-5-18-6-4-11)20-14(19)10-7-12(16)9-13(17)8-10/h7-9,11,18H,3-6H2,1-2H3/p+1. The lowest BCUT2D eigenvalue weighted by atomic mass is 9.83. The van der Waals surface area contributed by atoms with Gasteiger partial charge in [0.1, 0.15) is 5.60 Å². The number of halogens is 2. The predicted molar refractivity (Wildman–Crippen MR) is 80.3 cm³/mol. The highest BCUT2D eigenvalue weighted by Crippen LogP contribution is 2.29. The molecule has 1 aliphatic rings. The molecule has 0 atom stereocenters. The van der Waals surface area contributed by atoms with E-state index < -0.39 is 5.60 Å². The number of carbonyl (C=O) groups excluding carboxylic acids is 1. The molecule has 0 aromatic heterocycles. The second-order valence-corrected chi connectivity index (χ2v) is 6.66. The van der Waals surface area contributed by atoms with Crippen LogP contribution in [-0.2, 0) is 4.74 Å². The zero-order valence-corrected chi connectivity index (χ0v) is 13.3. The summed E-state index contributed by atoms with van der Waals surface area (Å²) in [6.07, 6.45) is 2.13. The quantitative estimate of drug-likeness (QED) is 0.871. The van der Waals surface area contributed by atoms with Crippen LogP contribution < -0.4 is 5.32 Å². The number of nitrogens with two attached hydrogens (primary N) is 1. The van der Waals surface area contributed by atoms with Crippen molar-refractivity contribution in [2.45, 2.75) is 32.3 Å². The summed E-state index contributed by atoms with van der Waals surface area (Å²) < 4.78 is 5.70. The monoisotopic (exact) mass is 316 g/mol. The van der Waals surface area contributed by atoms with E-state index in [0.717, 1.165) is 25.9 Å². The van der Waals surface area contributed by atoms with E-state index in [-0.39, 0.29) is 5.97 Å². The summed E-state index contributed by atoms with van der Waals surface area (Å²) >= 11 is 11.8. The van der Waals surface area contributed by atoms with Gasteiger partial charge >= 0.3 is 5.97 Å². The van der Waals surface area contributed by atoms with Gasteiger partial charge in [-0.05, 0) is 32.0 Å². The molecule has 1 aromatic rings. The molecule has 5 heteroatoms. The maximum Gasteiger partial charge on any atom is 0.338 e. The second-order valence-electron chi connectivity index (χ2n) is 5.79.